The molecule has 1 atom stereocenters. The number of aromatic nitrogens is 2. The number of piperazine rings is 1. The van der Waals surface area contributed by atoms with E-state index in [1.54, 1.807) is 19.3 Å². The molecule has 0 saturated carbocycles. The summed E-state index contributed by atoms with van der Waals surface area (Å²) in [5.74, 6) is 1.42. The highest BCUT2D eigenvalue weighted by Crippen LogP contribution is 2.38. The second-order valence-electron chi connectivity index (χ2n) is 9.76. The molecule has 9 nitrogen and oxygen atoms in total. The second-order valence-corrected chi connectivity index (χ2v) is 9.76. The van der Waals surface area contributed by atoms with Crippen LogP contribution in [-0.4, -0.2) is 55.2 Å². The van der Waals surface area contributed by atoms with Gasteiger partial charge in [0.15, 0.2) is 0 Å². The number of pyridine rings is 2. The predicted octanol–water partition coefficient (Wildman–Crippen LogP) is 4.72. The van der Waals surface area contributed by atoms with Gasteiger partial charge < -0.3 is 30.5 Å². The van der Waals surface area contributed by atoms with E-state index < -0.39 is 0 Å². The van der Waals surface area contributed by atoms with Crippen molar-refractivity contribution in [2.24, 2.45) is 0 Å². The highest BCUT2D eigenvalue weighted by molar-refractivity contribution is 6.00. The van der Waals surface area contributed by atoms with E-state index in [-0.39, 0.29) is 11.9 Å². The number of hydrogen-bond acceptors (Lipinski definition) is 8. The van der Waals surface area contributed by atoms with Gasteiger partial charge in [0.05, 0.1) is 34.9 Å². The van der Waals surface area contributed by atoms with Crippen LogP contribution in [0, 0.1) is 6.92 Å². The minimum absolute atomic E-state index is 0.141. The van der Waals surface area contributed by atoms with Gasteiger partial charge in [-0.2, -0.15) is 0 Å². The van der Waals surface area contributed by atoms with E-state index in [1.807, 2.05) is 55.7 Å². The van der Waals surface area contributed by atoms with E-state index in [1.165, 1.54) is 0 Å². The average Bonchev–Trinajstić information content (AvgIpc) is 2.98. The number of aryl methyl sites for hydroxylation is 1. The van der Waals surface area contributed by atoms with Gasteiger partial charge in [-0.3, -0.25) is 9.78 Å². The van der Waals surface area contributed by atoms with Crippen LogP contribution in [0.5, 0.6) is 5.75 Å². The summed E-state index contributed by atoms with van der Waals surface area (Å²) in [5.41, 5.74) is 6.32. The maximum absolute atomic E-state index is 12.3. The molecule has 0 spiro atoms. The molecular weight excluding hydrogens is 490 g/mol. The van der Waals surface area contributed by atoms with Gasteiger partial charge in [-0.25, -0.2) is 4.98 Å². The number of anilines is 6. The van der Waals surface area contributed by atoms with Crippen LogP contribution in [-0.2, 0) is 0 Å². The average molecular weight is 522 g/mol. The zero-order valence-corrected chi connectivity index (χ0v) is 22.0. The van der Waals surface area contributed by atoms with E-state index in [4.69, 9.17) is 4.74 Å². The summed E-state index contributed by atoms with van der Waals surface area (Å²) < 4.78 is 6.23. The third-order valence-electron chi connectivity index (χ3n) is 7.24. The predicted molar refractivity (Wildman–Crippen MR) is 155 cm³/mol. The number of carbonyl (C=O) groups is 1. The Bertz CT molecular complexity index is 1490. The van der Waals surface area contributed by atoms with E-state index in [2.05, 4.69) is 53.9 Å². The van der Waals surface area contributed by atoms with Crippen molar-refractivity contribution in [2.75, 3.05) is 53.7 Å². The molecule has 1 saturated heterocycles. The van der Waals surface area contributed by atoms with Crippen LogP contribution < -0.4 is 30.5 Å². The lowest BCUT2D eigenvalue weighted by Gasteiger charge is -2.46. The minimum atomic E-state index is -0.141. The van der Waals surface area contributed by atoms with Gasteiger partial charge in [0.2, 0.25) is 0 Å². The Labute approximate surface area is 227 Å². The number of benzene rings is 2. The summed E-state index contributed by atoms with van der Waals surface area (Å²) >= 11 is 0. The summed E-state index contributed by atoms with van der Waals surface area (Å²) in [6.07, 6.45) is 5.54. The Morgan fingerprint density at radius 1 is 1.00 bits per heavy atom. The number of rotatable bonds is 6. The largest absolute Gasteiger partial charge is 0.489 e. The molecule has 2 aromatic heterocycles. The van der Waals surface area contributed by atoms with Crippen molar-refractivity contribution in [1.29, 1.82) is 0 Å². The third kappa shape index (κ3) is 5.03. The lowest BCUT2D eigenvalue weighted by atomic mass is 10.1. The smallest absolute Gasteiger partial charge is 0.253 e. The highest BCUT2D eigenvalue weighted by Gasteiger charge is 2.33. The molecule has 2 aliphatic heterocycles. The van der Waals surface area contributed by atoms with Crippen molar-refractivity contribution in [3.63, 3.8) is 0 Å². The molecule has 2 aromatic carbocycles. The number of nitrogens with zero attached hydrogens (tertiary/aromatic N) is 4. The van der Waals surface area contributed by atoms with Crippen molar-refractivity contribution in [3.05, 3.63) is 90.4 Å². The monoisotopic (exact) mass is 521 g/mol. The molecule has 4 aromatic rings. The summed E-state index contributed by atoms with van der Waals surface area (Å²) in [5, 5.41) is 9.51. The Morgan fingerprint density at radius 3 is 2.74 bits per heavy atom. The molecule has 0 radical (unpaired) electrons. The number of amides is 1. The fourth-order valence-corrected chi connectivity index (χ4v) is 5.17. The quantitative estimate of drug-likeness (QED) is 0.336. The number of ether oxygens (including phenoxy) is 1. The number of para-hydroxylation sites is 1. The topological polar surface area (TPSA) is 94.6 Å². The van der Waals surface area contributed by atoms with E-state index in [0.29, 0.717) is 18.0 Å². The van der Waals surface area contributed by atoms with Crippen LogP contribution >= 0.6 is 0 Å². The van der Waals surface area contributed by atoms with Gasteiger partial charge in [-0.1, -0.05) is 12.1 Å². The second kappa shape index (κ2) is 10.5. The molecule has 2 aliphatic rings. The zero-order chi connectivity index (χ0) is 26.8. The van der Waals surface area contributed by atoms with Gasteiger partial charge in [0.25, 0.3) is 5.91 Å². The molecule has 4 heterocycles. The summed E-state index contributed by atoms with van der Waals surface area (Å²) in [4.78, 5) is 26.0. The van der Waals surface area contributed by atoms with Gasteiger partial charge in [-0.05, 0) is 48.9 Å². The highest BCUT2D eigenvalue weighted by atomic mass is 16.5. The Hall–Kier alpha value is -4.79. The molecule has 3 N–H and O–H groups in total. The first kappa shape index (κ1) is 24.5. The lowest BCUT2D eigenvalue weighted by Crippen LogP contribution is -2.57. The van der Waals surface area contributed by atoms with Gasteiger partial charge in [0, 0.05) is 62.6 Å². The first-order valence-corrected chi connectivity index (χ1v) is 13.1. The van der Waals surface area contributed by atoms with Crippen molar-refractivity contribution in [2.45, 2.75) is 13.0 Å². The Morgan fingerprint density at radius 2 is 1.90 bits per heavy atom. The van der Waals surface area contributed by atoms with Gasteiger partial charge in [0.1, 0.15) is 18.2 Å². The van der Waals surface area contributed by atoms with Crippen LogP contribution in [0.3, 0.4) is 0 Å². The van der Waals surface area contributed by atoms with Crippen molar-refractivity contribution in [3.8, 4) is 5.75 Å². The Balaban J connectivity index is 1.17. The molecule has 0 bridgehead atoms. The molecule has 9 heteroatoms. The van der Waals surface area contributed by atoms with E-state index in [0.717, 1.165) is 59.4 Å². The maximum Gasteiger partial charge on any atom is 0.253 e. The van der Waals surface area contributed by atoms with Gasteiger partial charge >= 0.3 is 0 Å². The lowest BCUT2D eigenvalue weighted by molar-refractivity contribution is 0.0964. The fraction of sp³-hybridized carbons (Fsp3) is 0.233. The number of fused-ring (bicyclic) bond motifs is 3. The van der Waals surface area contributed by atoms with Crippen molar-refractivity contribution >= 4 is 40.2 Å². The van der Waals surface area contributed by atoms with Crippen molar-refractivity contribution in [1.82, 2.24) is 15.3 Å². The van der Waals surface area contributed by atoms with Crippen LogP contribution in [0.4, 0.5) is 34.3 Å². The van der Waals surface area contributed by atoms with E-state index >= 15 is 0 Å². The van der Waals surface area contributed by atoms with Crippen LogP contribution in [0.25, 0.3) is 0 Å². The van der Waals surface area contributed by atoms with Crippen LogP contribution in [0.2, 0.25) is 0 Å². The fourth-order valence-electron chi connectivity index (χ4n) is 5.17. The Kier molecular flexibility index (Phi) is 6.62. The summed E-state index contributed by atoms with van der Waals surface area (Å²) in [6.45, 7) is 5.38. The first-order chi connectivity index (χ1) is 19.1. The molecule has 1 unspecified atom stereocenters. The molecule has 39 heavy (non-hydrogen) atoms. The number of nitrogens with one attached hydrogen (secondary N) is 3. The summed E-state index contributed by atoms with van der Waals surface area (Å²) in [7, 11) is 1.63. The van der Waals surface area contributed by atoms with E-state index in [9.17, 15) is 4.79 Å². The van der Waals surface area contributed by atoms with Crippen LogP contribution in [0.1, 0.15) is 15.9 Å². The molecule has 1 fully saturated rings. The minimum Gasteiger partial charge on any atom is -0.489 e. The molecule has 198 valence electrons. The van der Waals surface area contributed by atoms with Crippen molar-refractivity contribution < 1.29 is 9.53 Å². The first-order valence-electron chi connectivity index (χ1n) is 13.1. The normalized spacial score (nSPS) is 16.0. The SMILES string of the molecule is CNC(=O)c1ccccc1Nc1cc(Nc2ccc3c(c2)OCC2CN(c4cccnc4)CCN32)ncc1C. The number of carbonyl (C=O) groups excluding carboxylic acids is 1. The molecular formula is C30H31N7O2. The molecule has 0 aliphatic carbocycles. The molecule has 1 amide bonds. The van der Waals surface area contributed by atoms with Gasteiger partial charge in [-0.15, -0.1) is 0 Å². The molecule has 6 rings (SSSR count). The third-order valence-corrected chi connectivity index (χ3v) is 7.24. The summed E-state index contributed by atoms with van der Waals surface area (Å²) in [6, 6.07) is 20.0. The zero-order valence-electron chi connectivity index (χ0n) is 22.0. The standard InChI is InChI=1S/C30H31N7O2/c1-20-16-33-29(15-26(20)35-25-8-4-3-7-24(25)30(38)31-2)34-21-9-10-27-28(14-21)39-19-23-18-36(12-13-37(23)27)22-6-5-11-32-17-22/h3-11,14-17,23H,12-13,18-19H2,1-2H3,(H,31,38)(H2,33,34,35). The maximum atomic E-state index is 12.3. The van der Waals surface area contributed by atoms with Crippen LogP contribution in [0.15, 0.2) is 79.3 Å². The number of hydrogen-bond donors (Lipinski definition) is 3.